The summed E-state index contributed by atoms with van der Waals surface area (Å²) in [6.07, 6.45) is -6.35. The Morgan fingerprint density at radius 1 is 1.08 bits per heavy atom. The lowest BCUT2D eigenvalue weighted by molar-refractivity contribution is -0.184. The van der Waals surface area contributed by atoms with Crippen LogP contribution in [-0.4, -0.2) is 63.9 Å². The van der Waals surface area contributed by atoms with Crippen LogP contribution in [0.2, 0.25) is 0 Å². The lowest BCUT2D eigenvalue weighted by Gasteiger charge is -2.24. The topological polar surface area (TPSA) is 110 Å². The Bertz CT molecular complexity index is 111. The van der Waals surface area contributed by atoms with Crippen molar-refractivity contribution in [2.45, 2.75) is 24.6 Å². The molecule has 12 heavy (non-hydrogen) atoms. The van der Waals surface area contributed by atoms with Crippen LogP contribution in [0.4, 0.5) is 0 Å². The highest BCUT2D eigenvalue weighted by molar-refractivity contribution is 4.76. The minimum absolute atomic E-state index is 0.512. The summed E-state index contributed by atoms with van der Waals surface area (Å²) in [4.78, 5) is 0. The molecule has 0 aromatic rings. The van der Waals surface area contributed by atoms with Crippen molar-refractivity contribution >= 4 is 0 Å². The van der Waals surface area contributed by atoms with E-state index in [2.05, 4.69) is 4.74 Å². The minimum Gasteiger partial charge on any atom is -0.394 e. The third kappa shape index (κ3) is 3.02. The third-order valence-electron chi connectivity index (χ3n) is 1.52. The van der Waals surface area contributed by atoms with E-state index in [1.165, 1.54) is 7.11 Å². The summed E-state index contributed by atoms with van der Waals surface area (Å²) in [7, 11) is 1.22. The van der Waals surface area contributed by atoms with Crippen LogP contribution < -0.4 is 0 Å². The van der Waals surface area contributed by atoms with Gasteiger partial charge in [-0.3, -0.25) is 0 Å². The second kappa shape index (κ2) is 5.41. The first-order valence-electron chi connectivity index (χ1n) is 3.40. The molecule has 0 fully saturated rings. The highest BCUT2D eigenvalue weighted by Gasteiger charge is 2.29. The van der Waals surface area contributed by atoms with Crippen molar-refractivity contribution < 1.29 is 30.3 Å². The minimum atomic E-state index is -2.05. The first kappa shape index (κ1) is 11.8. The van der Waals surface area contributed by atoms with Gasteiger partial charge < -0.3 is 30.3 Å². The molecule has 0 aliphatic heterocycles. The molecule has 0 radical (unpaired) electrons. The average molecular weight is 182 g/mol. The van der Waals surface area contributed by atoms with E-state index in [9.17, 15) is 0 Å². The predicted octanol–water partition coefficient (Wildman–Crippen LogP) is -2.97. The Morgan fingerprint density at radius 2 is 1.58 bits per heavy atom. The van der Waals surface area contributed by atoms with E-state index >= 15 is 0 Å². The molecule has 0 amide bonds. The fraction of sp³-hybridized carbons (Fsp3) is 1.00. The normalized spacial score (nSPS) is 19.2. The van der Waals surface area contributed by atoms with Gasteiger partial charge in [-0.05, 0) is 0 Å². The molecule has 0 aromatic heterocycles. The van der Waals surface area contributed by atoms with Gasteiger partial charge in [-0.25, -0.2) is 0 Å². The lowest BCUT2D eigenvalue weighted by Crippen LogP contribution is -2.46. The Kier molecular flexibility index (Phi) is 5.31. The van der Waals surface area contributed by atoms with Crippen molar-refractivity contribution in [3.63, 3.8) is 0 Å². The van der Waals surface area contributed by atoms with Crippen molar-refractivity contribution in [3.8, 4) is 0 Å². The molecule has 5 N–H and O–H groups in total. The number of methoxy groups -OCH3 is 1. The maximum Gasteiger partial charge on any atom is 0.180 e. The van der Waals surface area contributed by atoms with E-state index in [0.29, 0.717) is 0 Å². The number of hydrogen-bond acceptors (Lipinski definition) is 6. The molecule has 6 heteroatoms. The first-order chi connectivity index (χ1) is 5.54. The largest absolute Gasteiger partial charge is 0.394 e. The summed E-state index contributed by atoms with van der Waals surface area (Å²) < 4.78 is 4.55. The number of hydrogen-bond donors (Lipinski definition) is 5. The molecule has 0 aromatic carbocycles. The van der Waals surface area contributed by atoms with Gasteiger partial charge in [0.15, 0.2) is 6.29 Å². The molecular weight excluding hydrogens is 168 g/mol. The molecule has 0 aliphatic rings. The summed E-state index contributed by atoms with van der Waals surface area (Å²) in [5, 5.41) is 43.4. The van der Waals surface area contributed by atoms with Crippen LogP contribution in [0.5, 0.6) is 0 Å². The van der Waals surface area contributed by atoms with Crippen molar-refractivity contribution in [3.05, 3.63) is 0 Å². The standard InChI is InChI=1S/C6H14O6/c1-12-3(2-7)4(8)5(9)6(10)11/h3-11H,2H2,1H3. The van der Waals surface area contributed by atoms with Crippen LogP contribution in [0, 0.1) is 0 Å². The van der Waals surface area contributed by atoms with Crippen LogP contribution in [0.1, 0.15) is 0 Å². The SMILES string of the molecule is COC(CO)C(O)C(O)C(O)O. The van der Waals surface area contributed by atoms with Crippen LogP contribution in [0.15, 0.2) is 0 Å². The van der Waals surface area contributed by atoms with Gasteiger partial charge in [0.1, 0.15) is 18.3 Å². The van der Waals surface area contributed by atoms with Gasteiger partial charge in [0, 0.05) is 7.11 Å². The molecule has 0 heterocycles. The fourth-order valence-electron chi connectivity index (χ4n) is 0.718. The van der Waals surface area contributed by atoms with Crippen LogP contribution in [-0.2, 0) is 4.74 Å². The summed E-state index contributed by atoms with van der Waals surface area (Å²) in [6, 6.07) is 0. The Hall–Kier alpha value is -0.240. The Balaban J connectivity index is 4.05. The molecule has 0 saturated heterocycles. The smallest absolute Gasteiger partial charge is 0.180 e. The van der Waals surface area contributed by atoms with Gasteiger partial charge >= 0.3 is 0 Å². The Labute approximate surface area is 69.6 Å². The van der Waals surface area contributed by atoms with Crippen LogP contribution in [0.3, 0.4) is 0 Å². The number of aliphatic hydroxyl groups is 5. The van der Waals surface area contributed by atoms with E-state index in [4.69, 9.17) is 25.5 Å². The van der Waals surface area contributed by atoms with Gasteiger partial charge in [0.25, 0.3) is 0 Å². The lowest BCUT2D eigenvalue weighted by atomic mass is 10.1. The molecule has 6 nitrogen and oxygen atoms in total. The van der Waals surface area contributed by atoms with E-state index in [-0.39, 0.29) is 0 Å². The monoisotopic (exact) mass is 182 g/mol. The van der Waals surface area contributed by atoms with E-state index in [0.717, 1.165) is 0 Å². The molecule has 0 aliphatic carbocycles. The Morgan fingerprint density at radius 3 is 1.83 bits per heavy atom. The summed E-state index contributed by atoms with van der Waals surface area (Å²) >= 11 is 0. The molecule has 0 rings (SSSR count). The molecule has 3 atom stereocenters. The van der Waals surface area contributed by atoms with E-state index < -0.39 is 31.2 Å². The zero-order valence-corrected chi connectivity index (χ0v) is 6.66. The van der Waals surface area contributed by atoms with Crippen LogP contribution in [0.25, 0.3) is 0 Å². The molecular formula is C6H14O6. The predicted molar refractivity (Wildman–Crippen MR) is 38.1 cm³/mol. The summed E-state index contributed by atoms with van der Waals surface area (Å²) in [5.74, 6) is 0. The zero-order valence-electron chi connectivity index (χ0n) is 6.66. The zero-order chi connectivity index (χ0) is 9.72. The van der Waals surface area contributed by atoms with Gasteiger partial charge in [-0.2, -0.15) is 0 Å². The van der Waals surface area contributed by atoms with Gasteiger partial charge in [0.2, 0.25) is 0 Å². The summed E-state index contributed by atoms with van der Waals surface area (Å²) in [6.45, 7) is -0.512. The van der Waals surface area contributed by atoms with Crippen molar-refractivity contribution in [2.24, 2.45) is 0 Å². The second-order valence-electron chi connectivity index (χ2n) is 2.35. The van der Waals surface area contributed by atoms with E-state index in [1.807, 2.05) is 0 Å². The quantitative estimate of drug-likeness (QED) is 0.290. The maximum atomic E-state index is 9.09. The molecule has 0 bridgehead atoms. The fourth-order valence-corrected chi connectivity index (χ4v) is 0.718. The highest BCUT2D eigenvalue weighted by Crippen LogP contribution is 2.05. The highest BCUT2D eigenvalue weighted by atomic mass is 16.5. The maximum absolute atomic E-state index is 9.09. The van der Waals surface area contributed by atoms with Gasteiger partial charge in [-0.1, -0.05) is 0 Å². The van der Waals surface area contributed by atoms with Gasteiger partial charge in [0.05, 0.1) is 6.61 Å². The average Bonchev–Trinajstić information content (AvgIpc) is 2.05. The molecule has 0 spiro atoms. The van der Waals surface area contributed by atoms with E-state index in [1.54, 1.807) is 0 Å². The number of ether oxygens (including phenoxy) is 1. The number of aliphatic hydroxyl groups excluding tert-OH is 4. The van der Waals surface area contributed by atoms with Crippen molar-refractivity contribution in [1.82, 2.24) is 0 Å². The van der Waals surface area contributed by atoms with Gasteiger partial charge in [-0.15, -0.1) is 0 Å². The first-order valence-corrected chi connectivity index (χ1v) is 3.40. The molecule has 74 valence electrons. The third-order valence-corrected chi connectivity index (χ3v) is 1.52. The molecule has 0 saturated carbocycles. The second-order valence-corrected chi connectivity index (χ2v) is 2.35. The van der Waals surface area contributed by atoms with Crippen LogP contribution >= 0.6 is 0 Å². The summed E-state index contributed by atoms with van der Waals surface area (Å²) in [5.41, 5.74) is 0. The number of rotatable bonds is 5. The molecule has 3 unspecified atom stereocenters. The van der Waals surface area contributed by atoms with Crippen molar-refractivity contribution in [1.29, 1.82) is 0 Å². The van der Waals surface area contributed by atoms with Crippen molar-refractivity contribution in [2.75, 3.05) is 13.7 Å².